The van der Waals surface area contributed by atoms with Crippen LogP contribution in [0.15, 0.2) is 3.92 Å². The zero-order valence-electron chi connectivity index (χ0n) is 7.49. The first-order valence-corrected chi connectivity index (χ1v) is 6.12. The molecule has 1 aromatic rings. The van der Waals surface area contributed by atoms with Crippen LogP contribution in [0, 0.1) is 5.92 Å². The maximum absolute atomic E-state index is 10.6. The molecular formula is C9H10BrNO2S. The Morgan fingerprint density at radius 1 is 1.71 bits per heavy atom. The number of rotatable bonds is 2. The topological polar surface area (TPSA) is 50.2 Å². The van der Waals surface area contributed by atoms with Gasteiger partial charge in [0, 0.05) is 11.3 Å². The van der Waals surface area contributed by atoms with Gasteiger partial charge in [0.1, 0.15) is 0 Å². The number of nitrogens with zero attached hydrogens (tertiary/aromatic N) is 1. The molecule has 1 unspecified atom stereocenters. The number of aromatic nitrogens is 1. The molecule has 5 heteroatoms. The summed E-state index contributed by atoms with van der Waals surface area (Å²) in [7, 11) is 0. The summed E-state index contributed by atoms with van der Waals surface area (Å²) < 4.78 is 0.915. The second-order valence-corrected chi connectivity index (χ2v) is 5.90. The normalized spacial score (nSPS) is 20.5. The molecule has 0 saturated carbocycles. The van der Waals surface area contributed by atoms with Crippen LogP contribution in [-0.2, 0) is 17.6 Å². The first-order valence-electron chi connectivity index (χ1n) is 4.51. The quantitative estimate of drug-likeness (QED) is 0.902. The predicted octanol–water partition coefficient (Wildman–Crippen LogP) is 2.49. The van der Waals surface area contributed by atoms with E-state index in [4.69, 9.17) is 5.11 Å². The number of fused-ring (bicyclic) bond motifs is 1. The molecule has 0 saturated heterocycles. The van der Waals surface area contributed by atoms with Crippen molar-refractivity contribution in [3.8, 4) is 0 Å². The molecule has 1 aliphatic rings. The van der Waals surface area contributed by atoms with Gasteiger partial charge in [-0.1, -0.05) is 0 Å². The summed E-state index contributed by atoms with van der Waals surface area (Å²) in [6, 6.07) is 0. The van der Waals surface area contributed by atoms with Crippen molar-refractivity contribution < 1.29 is 9.90 Å². The summed E-state index contributed by atoms with van der Waals surface area (Å²) in [5.41, 5.74) is 1.16. The van der Waals surface area contributed by atoms with Gasteiger partial charge >= 0.3 is 5.97 Å². The zero-order chi connectivity index (χ0) is 10.1. The van der Waals surface area contributed by atoms with Gasteiger partial charge in [-0.05, 0) is 41.1 Å². The van der Waals surface area contributed by atoms with Crippen LogP contribution in [0.1, 0.15) is 23.4 Å². The molecular weight excluding hydrogens is 266 g/mol. The minimum absolute atomic E-state index is 0.287. The Morgan fingerprint density at radius 3 is 3.21 bits per heavy atom. The van der Waals surface area contributed by atoms with Crippen molar-refractivity contribution in [1.29, 1.82) is 0 Å². The predicted molar refractivity (Wildman–Crippen MR) is 57.6 cm³/mol. The van der Waals surface area contributed by atoms with E-state index in [-0.39, 0.29) is 6.42 Å². The lowest BCUT2D eigenvalue weighted by Crippen LogP contribution is -2.16. The molecule has 0 aromatic carbocycles. The number of hydrogen-bond acceptors (Lipinski definition) is 3. The van der Waals surface area contributed by atoms with E-state index in [1.54, 1.807) is 11.3 Å². The number of carboxylic acids is 1. The smallest absolute Gasteiger partial charge is 0.303 e. The third-order valence-corrected chi connectivity index (χ3v) is 4.05. The Hall–Kier alpha value is -0.420. The van der Waals surface area contributed by atoms with Crippen molar-refractivity contribution in [3.63, 3.8) is 0 Å². The summed E-state index contributed by atoms with van der Waals surface area (Å²) in [5.74, 6) is -0.394. The van der Waals surface area contributed by atoms with Gasteiger partial charge in [-0.2, -0.15) is 0 Å². The monoisotopic (exact) mass is 275 g/mol. The average Bonchev–Trinajstić information content (AvgIpc) is 2.42. The summed E-state index contributed by atoms with van der Waals surface area (Å²) in [5, 5.41) is 8.70. The van der Waals surface area contributed by atoms with E-state index >= 15 is 0 Å². The van der Waals surface area contributed by atoms with E-state index in [0.717, 1.165) is 28.9 Å². The fourth-order valence-electron chi connectivity index (χ4n) is 1.83. The molecule has 0 fully saturated rings. The first-order chi connectivity index (χ1) is 6.65. The number of carbonyl (C=O) groups is 1. The van der Waals surface area contributed by atoms with Gasteiger partial charge in [-0.25, -0.2) is 4.98 Å². The Kier molecular flexibility index (Phi) is 2.88. The Balaban J connectivity index is 2.09. The van der Waals surface area contributed by atoms with Crippen molar-refractivity contribution in [1.82, 2.24) is 4.98 Å². The van der Waals surface area contributed by atoms with E-state index in [1.807, 2.05) is 0 Å². The average molecular weight is 276 g/mol. The summed E-state index contributed by atoms with van der Waals surface area (Å²) in [6.45, 7) is 0. The van der Waals surface area contributed by atoms with E-state index < -0.39 is 5.97 Å². The van der Waals surface area contributed by atoms with Crippen LogP contribution >= 0.6 is 27.3 Å². The minimum Gasteiger partial charge on any atom is -0.481 e. The Morgan fingerprint density at radius 2 is 2.50 bits per heavy atom. The van der Waals surface area contributed by atoms with Crippen molar-refractivity contribution in [2.45, 2.75) is 25.7 Å². The van der Waals surface area contributed by atoms with Crippen molar-refractivity contribution >= 4 is 33.2 Å². The summed E-state index contributed by atoms with van der Waals surface area (Å²) in [4.78, 5) is 16.2. The lowest BCUT2D eigenvalue weighted by Gasteiger charge is -2.18. The summed E-state index contributed by atoms with van der Waals surface area (Å²) in [6.07, 6.45) is 3.05. The van der Waals surface area contributed by atoms with E-state index in [9.17, 15) is 4.79 Å². The maximum atomic E-state index is 10.6. The number of hydrogen-bond donors (Lipinski definition) is 1. The Labute approximate surface area is 94.3 Å². The third kappa shape index (κ3) is 2.15. The van der Waals surface area contributed by atoms with Crippen LogP contribution in [0.2, 0.25) is 0 Å². The van der Waals surface area contributed by atoms with E-state index in [0.29, 0.717) is 5.92 Å². The first kappa shape index (κ1) is 10.1. The maximum Gasteiger partial charge on any atom is 0.303 e. The highest BCUT2D eigenvalue weighted by atomic mass is 79.9. The highest BCUT2D eigenvalue weighted by Crippen LogP contribution is 2.33. The fraction of sp³-hybridized carbons (Fsp3) is 0.556. The van der Waals surface area contributed by atoms with Gasteiger partial charge in [0.25, 0.3) is 0 Å². The van der Waals surface area contributed by atoms with E-state index in [1.165, 1.54) is 4.88 Å². The van der Waals surface area contributed by atoms with Crippen LogP contribution in [-0.4, -0.2) is 16.1 Å². The van der Waals surface area contributed by atoms with Gasteiger partial charge in [0.2, 0.25) is 0 Å². The molecule has 1 aromatic heterocycles. The Bertz CT molecular complexity index is 364. The zero-order valence-corrected chi connectivity index (χ0v) is 9.90. The molecule has 0 radical (unpaired) electrons. The number of carboxylic acid groups (broad SMARTS) is 1. The van der Waals surface area contributed by atoms with Crippen molar-refractivity contribution in [3.05, 3.63) is 14.5 Å². The minimum atomic E-state index is -0.693. The van der Waals surface area contributed by atoms with Gasteiger partial charge in [0.05, 0.1) is 5.69 Å². The molecule has 0 amide bonds. The molecule has 1 atom stereocenters. The lowest BCUT2D eigenvalue weighted by atomic mass is 9.89. The van der Waals surface area contributed by atoms with Gasteiger partial charge in [0.15, 0.2) is 3.92 Å². The molecule has 0 bridgehead atoms. The third-order valence-electron chi connectivity index (χ3n) is 2.48. The van der Waals surface area contributed by atoms with Crippen molar-refractivity contribution in [2.75, 3.05) is 0 Å². The number of thiazole rings is 1. The summed E-state index contributed by atoms with van der Waals surface area (Å²) >= 11 is 4.99. The van der Waals surface area contributed by atoms with Crippen LogP contribution in [0.4, 0.5) is 0 Å². The van der Waals surface area contributed by atoms with Gasteiger partial charge < -0.3 is 5.11 Å². The van der Waals surface area contributed by atoms with E-state index in [2.05, 4.69) is 20.9 Å². The second kappa shape index (κ2) is 3.98. The fourth-order valence-corrected chi connectivity index (χ4v) is 3.58. The molecule has 3 nitrogen and oxygen atoms in total. The highest BCUT2D eigenvalue weighted by Gasteiger charge is 2.23. The molecule has 14 heavy (non-hydrogen) atoms. The number of aliphatic carboxylic acids is 1. The molecule has 2 rings (SSSR count). The highest BCUT2D eigenvalue weighted by molar-refractivity contribution is 9.11. The molecule has 0 aliphatic heterocycles. The number of halogens is 1. The second-order valence-electron chi connectivity index (χ2n) is 3.54. The van der Waals surface area contributed by atoms with Gasteiger partial charge in [-0.15, -0.1) is 11.3 Å². The molecule has 1 heterocycles. The molecule has 76 valence electrons. The van der Waals surface area contributed by atoms with Crippen LogP contribution in [0.25, 0.3) is 0 Å². The van der Waals surface area contributed by atoms with Gasteiger partial charge in [-0.3, -0.25) is 4.79 Å². The van der Waals surface area contributed by atoms with Crippen LogP contribution in [0.5, 0.6) is 0 Å². The lowest BCUT2D eigenvalue weighted by molar-refractivity contribution is -0.138. The van der Waals surface area contributed by atoms with Crippen LogP contribution < -0.4 is 0 Å². The van der Waals surface area contributed by atoms with Crippen LogP contribution in [0.3, 0.4) is 0 Å². The molecule has 1 aliphatic carbocycles. The SMILES string of the molecule is O=C(O)CC1CCc2nc(Br)sc2C1. The number of aryl methyl sites for hydroxylation is 1. The standard InChI is InChI=1S/C9H10BrNO2S/c10-9-11-6-2-1-5(4-8(12)13)3-7(6)14-9/h5H,1-4H2,(H,12,13). The van der Waals surface area contributed by atoms with Crippen molar-refractivity contribution in [2.24, 2.45) is 5.92 Å². The molecule has 1 N–H and O–H groups in total. The molecule has 0 spiro atoms. The largest absolute Gasteiger partial charge is 0.481 e.